The van der Waals surface area contributed by atoms with Crippen molar-refractivity contribution in [2.45, 2.75) is 45.8 Å². The lowest BCUT2D eigenvalue weighted by Gasteiger charge is -2.38. The molecule has 102 valence electrons. The van der Waals surface area contributed by atoms with E-state index in [0.717, 1.165) is 12.0 Å². The Morgan fingerprint density at radius 2 is 2.06 bits per heavy atom. The maximum Gasteiger partial charge on any atom is 0.0813 e. The molecular weight excluding hydrogens is 228 g/mol. The smallest absolute Gasteiger partial charge is 0.0813 e. The zero-order valence-electron chi connectivity index (χ0n) is 11.5. The van der Waals surface area contributed by atoms with Crippen LogP contribution in [0.3, 0.4) is 0 Å². The first-order valence-electron chi connectivity index (χ1n) is 6.72. The molecular formula is C15H24O3. The topological polar surface area (TPSA) is 49.7 Å². The van der Waals surface area contributed by atoms with Crippen LogP contribution in [-0.4, -0.2) is 35.6 Å². The largest absolute Gasteiger partial charge is 0.390 e. The monoisotopic (exact) mass is 252 g/mol. The van der Waals surface area contributed by atoms with Crippen LogP contribution in [0, 0.1) is 11.3 Å². The van der Waals surface area contributed by atoms with Gasteiger partial charge in [-0.3, -0.25) is 0 Å². The molecule has 0 aromatic rings. The van der Waals surface area contributed by atoms with Crippen LogP contribution < -0.4 is 0 Å². The Labute approximate surface area is 109 Å². The Balaban J connectivity index is 2.28. The van der Waals surface area contributed by atoms with Crippen molar-refractivity contribution < 1.29 is 14.9 Å². The van der Waals surface area contributed by atoms with E-state index < -0.39 is 12.2 Å². The van der Waals surface area contributed by atoms with Gasteiger partial charge in [0.25, 0.3) is 0 Å². The highest BCUT2D eigenvalue weighted by atomic mass is 16.5. The van der Waals surface area contributed by atoms with E-state index >= 15 is 0 Å². The molecule has 0 radical (unpaired) electrons. The summed E-state index contributed by atoms with van der Waals surface area (Å²) in [5, 5.41) is 20.5. The minimum absolute atomic E-state index is 0.129. The third-order valence-electron chi connectivity index (χ3n) is 4.59. The fraction of sp³-hybridized carbons (Fsp3) is 0.733. The van der Waals surface area contributed by atoms with Crippen LogP contribution in [0.4, 0.5) is 0 Å². The van der Waals surface area contributed by atoms with E-state index in [1.54, 1.807) is 0 Å². The van der Waals surface area contributed by atoms with Crippen LogP contribution in [0.25, 0.3) is 0 Å². The van der Waals surface area contributed by atoms with Gasteiger partial charge in [-0.1, -0.05) is 24.6 Å². The molecule has 2 N–H and O–H groups in total. The Hall–Kier alpha value is -0.640. The van der Waals surface area contributed by atoms with Crippen LogP contribution in [0.15, 0.2) is 23.3 Å². The normalized spacial score (nSPS) is 44.8. The predicted octanol–water partition coefficient (Wildman–Crippen LogP) is 2.05. The summed E-state index contributed by atoms with van der Waals surface area (Å²) in [7, 11) is 0. The molecule has 4 atom stereocenters. The quantitative estimate of drug-likeness (QED) is 0.649. The highest BCUT2D eigenvalue weighted by Gasteiger charge is 2.44. The molecule has 1 aliphatic carbocycles. The van der Waals surface area contributed by atoms with Gasteiger partial charge in [-0.15, -0.1) is 0 Å². The molecule has 2 aliphatic rings. The van der Waals surface area contributed by atoms with Gasteiger partial charge in [0, 0.05) is 0 Å². The standard InChI is InChI=1S/C15H24O3/c1-10-6-12(16)7-15(3)11(2)4-5-13(15)14(17)9-18-8-10/h4,6,12-14,16-17H,5,7-9H2,1-3H3/b10-6-/t12-,13-,14-,15-/m1/s1. The van der Waals surface area contributed by atoms with Crippen molar-refractivity contribution >= 4 is 0 Å². The van der Waals surface area contributed by atoms with Crippen molar-refractivity contribution in [1.82, 2.24) is 0 Å². The number of aliphatic hydroxyl groups is 2. The molecule has 1 heterocycles. The molecule has 0 saturated heterocycles. The summed E-state index contributed by atoms with van der Waals surface area (Å²) in [4.78, 5) is 0. The van der Waals surface area contributed by atoms with Crippen molar-refractivity contribution in [3.63, 3.8) is 0 Å². The highest BCUT2D eigenvalue weighted by molar-refractivity contribution is 5.22. The fourth-order valence-electron chi connectivity index (χ4n) is 3.31. The van der Waals surface area contributed by atoms with Gasteiger partial charge < -0.3 is 14.9 Å². The molecule has 0 amide bonds. The lowest BCUT2D eigenvalue weighted by atomic mass is 9.69. The molecule has 1 aliphatic heterocycles. The minimum Gasteiger partial charge on any atom is -0.390 e. The molecule has 0 aromatic carbocycles. The summed E-state index contributed by atoms with van der Waals surface area (Å²) in [5.74, 6) is 0.152. The van der Waals surface area contributed by atoms with Crippen molar-refractivity contribution in [2.75, 3.05) is 13.2 Å². The van der Waals surface area contributed by atoms with Gasteiger partial charge in [0.1, 0.15) is 0 Å². The van der Waals surface area contributed by atoms with E-state index in [-0.39, 0.29) is 11.3 Å². The number of ether oxygens (including phenoxy) is 1. The maximum atomic E-state index is 10.3. The van der Waals surface area contributed by atoms with E-state index in [4.69, 9.17) is 4.74 Å². The second kappa shape index (κ2) is 5.16. The van der Waals surface area contributed by atoms with Gasteiger partial charge >= 0.3 is 0 Å². The second-order valence-electron chi connectivity index (χ2n) is 6.01. The summed E-state index contributed by atoms with van der Waals surface area (Å²) in [6.07, 6.45) is 4.70. The summed E-state index contributed by atoms with van der Waals surface area (Å²) in [6, 6.07) is 0. The third kappa shape index (κ3) is 2.53. The van der Waals surface area contributed by atoms with E-state index in [1.807, 2.05) is 13.0 Å². The Bertz CT molecular complexity index is 372. The maximum absolute atomic E-state index is 10.3. The number of rotatable bonds is 0. The van der Waals surface area contributed by atoms with Crippen molar-refractivity contribution in [3.8, 4) is 0 Å². The molecule has 0 unspecified atom stereocenters. The predicted molar refractivity (Wildman–Crippen MR) is 71.2 cm³/mol. The molecule has 2 rings (SSSR count). The van der Waals surface area contributed by atoms with Crippen LogP contribution >= 0.6 is 0 Å². The molecule has 0 saturated carbocycles. The number of hydrogen-bond donors (Lipinski definition) is 2. The van der Waals surface area contributed by atoms with Gasteiger partial charge in [-0.2, -0.15) is 0 Å². The molecule has 18 heavy (non-hydrogen) atoms. The fourth-order valence-corrected chi connectivity index (χ4v) is 3.31. The number of allylic oxidation sites excluding steroid dienone is 2. The summed E-state index contributed by atoms with van der Waals surface area (Å²) in [5.41, 5.74) is 2.17. The average Bonchev–Trinajstić information content (AvgIpc) is 2.54. The third-order valence-corrected chi connectivity index (χ3v) is 4.59. The lowest BCUT2D eigenvalue weighted by molar-refractivity contribution is -0.0268. The molecule has 0 bridgehead atoms. The van der Waals surface area contributed by atoms with E-state index in [2.05, 4.69) is 19.9 Å². The molecule has 3 heteroatoms. The summed E-state index contributed by atoms with van der Waals surface area (Å²) < 4.78 is 5.52. The van der Waals surface area contributed by atoms with Gasteiger partial charge in [-0.05, 0) is 43.6 Å². The average molecular weight is 252 g/mol. The number of fused-ring (bicyclic) bond motifs is 1. The zero-order chi connectivity index (χ0) is 13.3. The summed E-state index contributed by atoms with van der Waals surface area (Å²) in [6.45, 7) is 7.07. The van der Waals surface area contributed by atoms with Crippen LogP contribution in [0.2, 0.25) is 0 Å². The van der Waals surface area contributed by atoms with Gasteiger partial charge in [0.15, 0.2) is 0 Å². The highest BCUT2D eigenvalue weighted by Crippen LogP contribution is 2.48. The summed E-state index contributed by atoms with van der Waals surface area (Å²) >= 11 is 0. The Kier molecular flexibility index (Phi) is 3.95. The van der Waals surface area contributed by atoms with Crippen molar-refractivity contribution in [3.05, 3.63) is 23.3 Å². The van der Waals surface area contributed by atoms with Crippen LogP contribution in [-0.2, 0) is 4.74 Å². The Morgan fingerprint density at radius 1 is 1.33 bits per heavy atom. The van der Waals surface area contributed by atoms with Crippen LogP contribution in [0.1, 0.15) is 33.6 Å². The SMILES string of the molecule is CC1=CC[C@@H]2[C@H](O)COC/C(C)=C\[C@@H](O)C[C@]12C. The first-order chi connectivity index (χ1) is 8.43. The van der Waals surface area contributed by atoms with Gasteiger partial charge in [-0.25, -0.2) is 0 Å². The zero-order valence-corrected chi connectivity index (χ0v) is 11.5. The first kappa shape index (κ1) is 13.8. The van der Waals surface area contributed by atoms with E-state index in [0.29, 0.717) is 19.6 Å². The van der Waals surface area contributed by atoms with Crippen LogP contribution in [0.5, 0.6) is 0 Å². The van der Waals surface area contributed by atoms with Crippen molar-refractivity contribution in [2.24, 2.45) is 11.3 Å². The van der Waals surface area contributed by atoms with Crippen molar-refractivity contribution in [1.29, 1.82) is 0 Å². The molecule has 3 nitrogen and oxygen atoms in total. The Morgan fingerprint density at radius 3 is 2.78 bits per heavy atom. The first-order valence-corrected chi connectivity index (χ1v) is 6.72. The van der Waals surface area contributed by atoms with E-state index in [9.17, 15) is 10.2 Å². The van der Waals surface area contributed by atoms with E-state index in [1.165, 1.54) is 5.57 Å². The molecule has 0 spiro atoms. The number of hydrogen-bond acceptors (Lipinski definition) is 3. The molecule has 0 fully saturated rings. The van der Waals surface area contributed by atoms with Gasteiger partial charge in [0.05, 0.1) is 25.4 Å². The molecule has 0 aromatic heterocycles. The minimum atomic E-state index is -0.465. The second-order valence-corrected chi connectivity index (χ2v) is 6.01. The number of aliphatic hydroxyl groups excluding tert-OH is 2. The lowest BCUT2D eigenvalue weighted by Crippen LogP contribution is -2.39. The van der Waals surface area contributed by atoms with Gasteiger partial charge in [0.2, 0.25) is 0 Å².